The van der Waals surface area contributed by atoms with Crippen LogP contribution in [0.4, 0.5) is 5.69 Å². The van der Waals surface area contributed by atoms with Crippen molar-refractivity contribution in [2.45, 2.75) is 39.0 Å². The molecule has 2 heterocycles. The molecule has 0 saturated carbocycles. The van der Waals surface area contributed by atoms with E-state index in [0.717, 1.165) is 4.90 Å². The fourth-order valence-electron chi connectivity index (χ4n) is 4.95. The van der Waals surface area contributed by atoms with E-state index in [2.05, 4.69) is 0 Å². The van der Waals surface area contributed by atoms with E-state index < -0.39 is 35.2 Å². The number of nitrogens with zero attached hydrogens (tertiary/aromatic N) is 1. The third-order valence-corrected chi connectivity index (χ3v) is 6.00. The minimum atomic E-state index is -1.93. The molecule has 0 saturated heterocycles. The Kier molecular flexibility index (Phi) is 4.87. The van der Waals surface area contributed by atoms with Crippen LogP contribution in [0, 0.1) is 5.41 Å². The Labute approximate surface area is 184 Å². The Morgan fingerprint density at radius 3 is 2.56 bits per heavy atom. The summed E-state index contributed by atoms with van der Waals surface area (Å²) in [5.74, 6) is -3.33. The molecule has 0 unspecified atom stereocenters. The van der Waals surface area contributed by atoms with Gasteiger partial charge in [0.15, 0.2) is 5.78 Å². The second-order valence-electron chi connectivity index (χ2n) is 8.85. The number of aliphatic carboxylic acids is 1. The molecule has 3 aliphatic rings. The smallest absolute Gasteiger partial charge is 0.341 e. The van der Waals surface area contributed by atoms with Gasteiger partial charge in [0.25, 0.3) is 0 Å². The maximum absolute atomic E-state index is 14.0. The van der Waals surface area contributed by atoms with Crippen molar-refractivity contribution in [1.29, 1.82) is 0 Å². The molecule has 1 aromatic carbocycles. The molecule has 1 spiro atoms. The van der Waals surface area contributed by atoms with E-state index in [1.165, 1.54) is 0 Å². The molecule has 4 rings (SSSR count). The number of hydrogen-bond donors (Lipinski definition) is 2. The first-order valence-electron chi connectivity index (χ1n) is 10.3. The molecule has 2 aliphatic heterocycles. The average Bonchev–Trinajstić information content (AvgIpc) is 2.90. The second-order valence-corrected chi connectivity index (χ2v) is 8.85. The van der Waals surface area contributed by atoms with E-state index in [1.807, 2.05) is 13.8 Å². The van der Waals surface area contributed by atoms with Crippen LogP contribution in [0.3, 0.4) is 0 Å². The fourth-order valence-corrected chi connectivity index (χ4v) is 4.95. The molecular formula is C23H24N2O7. The Bertz CT molecular complexity index is 1130. The number of ketones is 1. The Morgan fingerprint density at radius 2 is 1.91 bits per heavy atom. The van der Waals surface area contributed by atoms with E-state index in [1.54, 1.807) is 31.2 Å². The number of nitrogens with two attached hydrogens (primary N) is 1. The van der Waals surface area contributed by atoms with Gasteiger partial charge >= 0.3 is 11.9 Å². The van der Waals surface area contributed by atoms with Crippen LogP contribution in [-0.2, 0) is 34.1 Å². The lowest BCUT2D eigenvalue weighted by molar-refractivity contribution is -0.141. The summed E-state index contributed by atoms with van der Waals surface area (Å²) in [6.45, 7) is 4.76. The molecule has 168 valence electrons. The maximum atomic E-state index is 14.0. The summed E-state index contributed by atoms with van der Waals surface area (Å²) >= 11 is 0. The summed E-state index contributed by atoms with van der Waals surface area (Å²) in [5, 5.41) is 9.44. The van der Waals surface area contributed by atoms with Crippen LogP contribution in [0.5, 0.6) is 0 Å². The number of carboxylic acid groups (broad SMARTS) is 1. The number of amides is 1. The Hall–Kier alpha value is -3.62. The zero-order chi connectivity index (χ0) is 23.4. The molecule has 1 aromatic rings. The van der Waals surface area contributed by atoms with Crippen molar-refractivity contribution in [1.82, 2.24) is 0 Å². The molecule has 9 nitrogen and oxygen atoms in total. The minimum absolute atomic E-state index is 0.00720. The first-order chi connectivity index (χ1) is 15.0. The highest BCUT2D eigenvalue weighted by Gasteiger charge is 2.64. The molecule has 3 N–H and O–H groups in total. The highest BCUT2D eigenvalue weighted by Crippen LogP contribution is 2.57. The van der Waals surface area contributed by atoms with Crippen LogP contribution < -0.4 is 10.6 Å². The molecular weight excluding hydrogens is 416 g/mol. The number of carbonyl (C=O) groups excluding carboxylic acids is 3. The number of benzene rings is 1. The van der Waals surface area contributed by atoms with Gasteiger partial charge < -0.3 is 20.3 Å². The second kappa shape index (κ2) is 7.22. The van der Waals surface area contributed by atoms with Crippen molar-refractivity contribution >= 4 is 29.3 Å². The number of hydrogen-bond acceptors (Lipinski definition) is 7. The minimum Gasteiger partial charge on any atom is -0.480 e. The molecule has 1 aliphatic carbocycles. The van der Waals surface area contributed by atoms with Crippen LogP contribution in [-0.4, -0.2) is 41.9 Å². The standard InChI is InChI=1S/C23H24N2O7/c1-4-31-20(29)18-19(24)32-15-10-22(2,3)9-14(26)17(15)23(18)12-7-5-6-8-13(12)25(21(23)30)11-16(27)28/h5-8H,4,9-11,24H2,1-3H3,(H,27,28)/t23-/m0/s1. The summed E-state index contributed by atoms with van der Waals surface area (Å²) in [5.41, 5.74) is 4.16. The van der Waals surface area contributed by atoms with Crippen molar-refractivity contribution < 1.29 is 33.8 Å². The van der Waals surface area contributed by atoms with Crippen molar-refractivity contribution in [2.75, 3.05) is 18.1 Å². The lowest BCUT2D eigenvalue weighted by Crippen LogP contribution is -2.52. The predicted molar refractivity (Wildman–Crippen MR) is 112 cm³/mol. The van der Waals surface area contributed by atoms with Gasteiger partial charge in [-0.25, -0.2) is 4.79 Å². The zero-order valence-corrected chi connectivity index (χ0v) is 18.1. The molecule has 9 heteroatoms. The lowest BCUT2D eigenvalue weighted by atomic mass is 9.62. The molecule has 0 bridgehead atoms. The van der Waals surface area contributed by atoms with Crippen LogP contribution in [0.25, 0.3) is 0 Å². The number of allylic oxidation sites excluding steroid dienone is 1. The fraction of sp³-hybridized carbons (Fsp3) is 0.391. The molecule has 1 atom stereocenters. The van der Waals surface area contributed by atoms with Gasteiger partial charge in [-0.15, -0.1) is 0 Å². The van der Waals surface area contributed by atoms with Gasteiger partial charge in [0.2, 0.25) is 11.8 Å². The first-order valence-corrected chi connectivity index (χ1v) is 10.3. The monoisotopic (exact) mass is 440 g/mol. The third kappa shape index (κ3) is 2.91. The largest absolute Gasteiger partial charge is 0.480 e. The van der Waals surface area contributed by atoms with Crippen molar-refractivity contribution in [3.63, 3.8) is 0 Å². The SMILES string of the molecule is CCOC(=O)C1=C(N)OC2=C(C(=O)CC(C)(C)C2)[C@]12C(=O)N(CC(=O)O)c1ccccc12. The molecule has 0 aromatic heterocycles. The van der Waals surface area contributed by atoms with E-state index >= 15 is 0 Å². The van der Waals surface area contributed by atoms with Gasteiger partial charge in [-0.3, -0.25) is 19.3 Å². The number of carboxylic acids is 1. The number of anilines is 1. The van der Waals surface area contributed by atoms with Gasteiger partial charge in [0.1, 0.15) is 23.3 Å². The number of ether oxygens (including phenoxy) is 2. The molecule has 0 fully saturated rings. The first kappa shape index (κ1) is 21.6. The molecule has 0 radical (unpaired) electrons. The van der Waals surface area contributed by atoms with E-state index in [-0.39, 0.29) is 41.6 Å². The van der Waals surface area contributed by atoms with Gasteiger partial charge in [0, 0.05) is 24.1 Å². The Morgan fingerprint density at radius 1 is 1.22 bits per heavy atom. The topological polar surface area (TPSA) is 136 Å². The summed E-state index contributed by atoms with van der Waals surface area (Å²) in [6, 6.07) is 6.49. The van der Waals surface area contributed by atoms with E-state index in [0.29, 0.717) is 17.7 Å². The lowest BCUT2D eigenvalue weighted by Gasteiger charge is -2.42. The number of rotatable bonds is 4. The van der Waals surface area contributed by atoms with E-state index in [4.69, 9.17) is 15.2 Å². The summed E-state index contributed by atoms with van der Waals surface area (Å²) < 4.78 is 11.0. The van der Waals surface area contributed by atoms with Crippen molar-refractivity contribution in [3.05, 3.63) is 52.6 Å². The third-order valence-electron chi connectivity index (χ3n) is 6.00. The van der Waals surface area contributed by atoms with Gasteiger partial charge in [0.05, 0.1) is 12.2 Å². The normalized spacial score (nSPS) is 23.8. The van der Waals surface area contributed by atoms with Crippen LogP contribution >= 0.6 is 0 Å². The highest BCUT2D eigenvalue weighted by atomic mass is 16.5. The number of esters is 1. The van der Waals surface area contributed by atoms with Crippen molar-refractivity contribution in [3.8, 4) is 0 Å². The van der Waals surface area contributed by atoms with Gasteiger partial charge in [-0.05, 0) is 18.4 Å². The highest BCUT2D eigenvalue weighted by molar-refractivity contribution is 6.24. The predicted octanol–water partition coefficient (Wildman–Crippen LogP) is 1.76. The summed E-state index contributed by atoms with van der Waals surface area (Å²) in [4.78, 5) is 53.2. The van der Waals surface area contributed by atoms with Crippen LogP contribution in [0.2, 0.25) is 0 Å². The maximum Gasteiger partial charge on any atom is 0.341 e. The molecule has 32 heavy (non-hydrogen) atoms. The van der Waals surface area contributed by atoms with Gasteiger partial charge in [-0.1, -0.05) is 32.0 Å². The van der Waals surface area contributed by atoms with Crippen LogP contribution in [0.1, 0.15) is 39.2 Å². The Balaban J connectivity index is 2.08. The van der Waals surface area contributed by atoms with E-state index in [9.17, 15) is 24.3 Å². The number of carbonyl (C=O) groups is 4. The zero-order valence-electron chi connectivity index (χ0n) is 18.1. The molecule has 1 amide bonds. The summed E-state index contributed by atoms with van der Waals surface area (Å²) in [6.07, 6.45) is 0.447. The average molecular weight is 440 g/mol. The summed E-state index contributed by atoms with van der Waals surface area (Å²) in [7, 11) is 0. The van der Waals surface area contributed by atoms with Gasteiger partial charge in [-0.2, -0.15) is 0 Å². The number of para-hydroxylation sites is 1. The number of fused-ring (bicyclic) bond motifs is 3. The van der Waals surface area contributed by atoms with Crippen molar-refractivity contribution in [2.24, 2.45) is 11.1 Å². The van der Waals surface area contributed by atoms with Crippen LogP contribution in [0.15, 0.2) is 47.1 Å². The number of Topliss-reactive ketones (excluding diaryl/α,β-unsaturated/α-hetero) is 1. The quantitative estimate of drug-likeness (QED) is 0.676.